The van der Waals surface area contributed by atoms with Crippen LogP contribution in [0.25, 0.3) is 0 Å². The highest BCUT2D eigenvalue weighted by molar-refractivity contribution is 5.55. The third-order valence-corrected chi connectivity index (χ3v) is 2.92. The van der Waals surface area contributed by atoms with E-state index in [1.165, 1.54) is 0 Å². The maximum absolute atomic E-state index is 5.97. The molecular weight excluding hydrogens is 240 g/mol. The van der Waals surface area contributed by atoms with Crippen LogP contribution in [0.5, 0.6) is 0 Å². The second-order valence-corrected chi connectivity index (χ2v) is 6.10. The van der Waals surface area contributed by atoms with E-state index >= 15 is 0 Å². The number of nitrogens with two attached hydrogens (primary N) is 1. The number of hydrogen-bond acceptors (Lipinski definition) is 5. The molecule has 0 aromatic carbocycles. The number of rotatable bonds is 5. The molecule has 5 nitrogen and oxygen atoms in total. The highest BCUT2D eigenvalue weighted by atomic mass is 16.5. The van der Waals surface area contributed by atoms with Crippen LogP contribution in [0.4, 0.5) is 11.6 Å². The SMILES string of the molecule is COCC(C)CNc1nc(C(C)(C)C)nc(N)c1C. The molecule has 1 unspecified atom stereocenters. The van der Waals surface area contributed by atoms with Gasteiger partial charge in [0, 0.05) is 24.6 Å². The molecule has 0 saturated heterocycles. The summed E-state index contributed by atoms with van der Waals surface area (Å²) in [5, 5.41) is 3.34. The molecule has 1 heterocycles. The Hall–Kier alpha value is -1.36. The molecule has 1 aromatic heterocycles. The van der Waals surface area contributed by atoms with Gasteiger partial charge in [-0.15, -0.1) is 0 Å². The zero-order chi connectivity index (χ0) is 14.6. The summed E-state index contributed by atoms with van der Waals surface area (Å²) in [6, 6.07) is 0. The van der Waals surface area contributed by atoms with Crippen molar-refractivity contribution in [3.05, 3.63) is 11.4 Å². The third kappa shape index (κ3) is 4.35. The molecule has 0 bridgehead atoms. The molecule has 1 atom stereocenters. The minimum atomic E-state index is -0.115. The van der Waals surface area contributed by atoms with Gasteiger partial charge in [-0.05, 0) is 12.8 Å². The Bertz CT molecular complexity index is 426. The predicted molar refractivity (Wildman–Crippen MR) is 79.4 cm³/mol. The van der Waals surface area contributed by atoms with Gasteiger partial charge in [0.15, 0.2) is 0 Å². The maximum atomic E-state index is 5.97. The van der Waals surface area contributed by atoms with Gasteiger partial charge in [-0.25, -0.2) is 9.97 Å². The van der Waals surface area contributed by atoms with E-state index in [1.807, 2.05) is 6.92 Å². The Balaban J connectivity index is 2.91. The van der Waals surface area contributed by atoms with E-state index in [0.29, 0.717) is 11.7 Å². The number of aromatic nitrogens is 2. The quantitative estimate of drug-likeness (QED) is 0.856. The van der Waals surface area contributed by atoms with Gasteiger partial charge in [0.1, 0.15) is 17.5 Å². The van der Waals surface area contributed by atoms with Crippen LogP contribution in [-0.4, -0.2) is 30.2 Å². The van der Waals surface area contributed by atoms with Gasteiger partial charge in [0.05, 0.1) is 6.61 Å². The summed E-state index contributed by atoms with van der Waals surface area (Å²) in [5.74, 6) is 2.54. The number of nitrogen functional groups attached to an aromatic ring is 1. The van der Waals surface area contributed by atoms with Gasteiger partial charge in [0.25, 0.3) is 0 Å². The maximum Gasteiger partial charge on any atom is 0.138 e. The summed E-state index contributed by atoms with van der Waals surface area (Å²) in [5.41, 5.74) is 6.75. The molecule has 0 radical (unpaired) electrons. The van der Waals surface area contributed by atoms with E-state index in [0.717, 1.165) is 30.4 Å². The molecule has 0 amide bonds. The molecule has 1 aromatic rings. The minimum Gasteiger partial charge on any atom is -0.384 e. The minimum absolute atomic E-state index is 0.115. The van der Waals surface area contributed by atoms with Crippen molar-refractivity contribution in [3.8, 4) is 0 Å². The van der Waals surface area contributed by atoms with E-state index in [-0.39, 0.29) is 5.41 Å². The molecule has 108 valence electrons. The molecule has 5 heteroatoms. The van der Waals surface area contributed by atoms with Crippen molar-refractivity contribution in [2.45, 2.75) is 40.0 Å². The number of nitrogens with zero attached hydrogens (tertiary/aromatic N) is 2. The van der Waals surface area contributed by atoms with Crippen molar-refractivity contribution in [1.29, 1.82) is 0 Å². The zero-order valence-corrected chi connectivity index (χ0v) is 12.9. The van der Waals surface area contributed by atoms with Gasteiger partial charge < -0.3 is 15.8 Å². The molecule has 0 spiro atoms. The lowest BCUT2D eigenvalue weighted by molar-refractivity contribution is 0.164. The van der Waals surface area contributed by atoms with Gasteiger partial charge in [-0.3, -0.25) is 0 Å². The number of methoxy groups -OCH3 is 1. The summed E-state index contributed by atoms with van der Waals surface area (Å²) in [6.07, 6.45) is 0. The molecule has 0 aliphatic rings. The summed E-state index contributed by atoms with van der Waals surface area (Å²) >= 11 is 0. The van der Waals surface area contributed by atoms with Crippen molar-refractivity contribution in [2.75, 3.05) is 31.3 Å². The lowest BCUT2D eigenvalue weighted by Gasteiger charge is -2.20. The Labute approximate surface area is 116 Å². The first-order valence-electron chi connectivity index (χ1n) is 6.63. The Kier molecular flexibility index (Phi) is 5.11. The van der Waals surface area contributed by atoms with E-state index in [9.17, 15) is 0 Å². The van der Waals surface area contributed by atoms with Crippen molar-refractivity contribution >= 4 is 11.6 Å². The molecule has 0 aliphatic carbocycles. The molecule has 19 heavy (non-hydrogen) atoms. The zero-order valence-electron chi connectivity index (χ0n) is 12.9. The van der Waals surface area contributed by atoms with Gasteiger partial charge in [0.2, 0.25) is 0 Å². The fraction of sp³-hybridized carbons (Fsp3) is 0.714. The summed E-state index contributed by atoms with van der Waals surface area (Å²) in [4.78, 5) is 8.96. The van der Waals surface area contributed by atoms with Crippen molar-refractivity contribution < 1.29 is 4.74 Å². The topological polar surface area (TPSA) is 73.1 Å². The summed E-state index contributed by atoms with van der Waals surface area (Å²) in [6.45, 7) is 11.8. The number of nitrogens with one attached hydrogen (secondary N) is 1. The molecule has 1 rings (SSSR count). The number of ether oxygens (including phenoxy) is 1. The van der Waals surface area contributed by atoms with Crippen LogP contribution in [0.1, 0.15) is 39.1 Å². The van der Waals surface area contributed by atoms with Gasteiger partial charge in [-0.1, -0.05) is 27.7 Å². The van der Waals surface area contributed by atoms with Crippen molar-refractivity contribution in [2.24, 2.45) is 5.92 Å². The molecular formula is C14H26N4O. The highest BCUT2D eigenvalue weighted by Gasteiger charge is 2.20. The second kappa shape index (κ2) is 6.19. The summed E-state index contributed by atoms with van der Waals surface area (Å²) < 4.78 is 5.13. The Morgan fingerprint density at radius 1 is 1.32 bits per heavy atom. The van der Waals surface area contributed by atoms with E-state index < -0.39 is 0 Å². The van der Waals surface area contributed by atoms with E-state index in [1.54, 1.807) is 7.11 Å². The molecule has 0 fully saturated rings. The van der Waals surface area contributed by atoms with E-state index in [2.05, 4.69) is 43.0 Å². The van der Waals surface area contributed by atoms with Crippen LogP contribution >= 0.6 is 0 Å². The smallest absolute Gasteiger partial charge is 0.138 e. The number of anilines is 2. The van der Waals surface area contributed by atoms with Crippen LogP contribution in [0.2, 0.25) is 0 Å². The first-order valence-corrected chi connectivity index (χ1v) is 6.63. The van der Waals surface area contributed by atoms with Crippen LogP contribution in [-0.2, 0) is 10.2 Å². The first-order chi connectivity index (χ1) is 8.75. The van der Waals surface area contributed by atoms with Crippen molar-refractivity contribution in [1.82, 2.24) is 9.97 Å². The molecule has 0 saturated carbocycles. The second-order valence-electron chi connectivity index (χ2n) is 6.10. The summed E-state index contributed by atoms with van der Waals surface area (Å²) in [7, 11) is 1.71. The first kappa shape index (κ1) is 15.7. The van der Waals surface area contributed by atoms with Crippen LogP contribution < -0.4 is 11.1 Å². The number of hydrogen-bond donors (Lipinski definition) is 2. The van der Waals surface area contributed by atoms with Gasteiger partial charge in [-0.2, -0.15) is 0 Å². The predicted octanol–water partition coefficient (Wildman–Crippen LogP) is 2.36. The molecule has 3 N–H and O–H groups in total. The van der Waals surface area contributed by atoms with Crippen LogP contribution in [0, 0.1) is 12.8 Å². The average molecular weight is 266 g/mol. The van der Waals surface area contributed by atoms with Gasteiger partial charge >= 0.3 is 0 Å². The highest BCUT2D eigenvalue weighted by Crippen LogP contribution is 2.24. The standard InChI is InChI=1S/C14H26N4O/c1-9(8-19-6)7-16-12-10(2)11(15)17-13(18-12)14(3,4)5/h9H,7-8H2,1-6H3,(H3,15,16,17,18). The van der Waals surface area contributed by atoms with E-state index in [4.69, 9.17) is 10.5 Å². The van der Waals surface area contributed by atoms with Crippen LogP contribution in [0.15, 0.2) is 0 Å². The Morgan fingerprint density at radius 2 is 1.95 bits per heavy atom. The normalized spacial score (nSPS) is 13.4. The Morgan fingerprint density at radius 3 is 2.47 bits per heavy atom. The lowest BCUT2D eigenvalue weighted by Crippen LogP contribution is -2.21. The lowest BCUT2D eigenvalue weighted by atomic mass is 9.95. The fourth-order valence-electron chi connectivity index (χ4n) is 1.66. The fourth-order valence-corrected chi connectivity index (χ4v) is 1.66. The van der Waals surface area contributed by atoms with Crippen LogP contribution in [0.3, 0.4) is 0 Å². The van der Waals surface area contributed by atoms with Crippen molar-refractivity contribution in [3.63, 3.8) is 0 Å². The monoisotopic (exact) mass is 266 g/mol. The molecule has 0 aliphatic heterocycles. The third-order valence-electron chi connectivity index (χ3n) is 2.92. The largest absolute Gasteiger partial charge is 0.384 e. The average Bonchev–Trinajstić information content (AvgIpc) is 2.30.